The van der Waals surface area contributed by atoms with Gasteiger partial charge in [0.2, 0.25) is 5.91 Å². The molecule has 1 amide bonds. The number of carbonyl (C=O) groups is 1. The zero-order chi connectivity index (χ0) is 20.3. The molecule has 1 aromatic heterocycles. The maximum atomic E-state index is 12.2. The molecule has 2 heterocycles. The van der Waals surface area contributed by atoms with Gasteiger partial charge in [-0.15, -0.1) is 0 Å². The maximum absolute atomic E-state index is 12.2. The van der Waals surface area contributed by atoms with Gasteiger partial charge in [0.15, 0.2) is 5.16 Å². The monoisotopic (exact) mass is 431 g/mol. The number of nitrogens with one attached hydrogen (secondary N) is 1. The summed E-state index contributed by atoms with van der Waals surface area (Å²) in [5.74, 6) is -0.131. The Hall–Kier alpha value is -2.00. The Morgan fingerprint density at radius 1 is 1.43 bits per heavy atom. The van der Waals surface area contributed by atoms with Crippen molar-refractivity contribution in [3.63, 3.8) is 0 Å². The molecule has 1 aromatic carbocycles. The van der Waals surface area contributed by atoms with Gasteiger partial charge < -0.3 is 10.1 Å². The van der Waals surface area contributed by atoms with Crippen LogP contribution in [0.25, 0.3) is 11.3 Å². The fourth-order valence-corrected chi connectivity index (χ4v) is 3.46. The van der Waals surface area contributed by atoms with Gasteiger partial charge >= 0.3 is 6.18 Å². The van der Waals surface area contributed by atoms with Gasteiger partial charge in [0.25, 0.3) is 0 Å². The molecule has 1 N–H and O–H groups in total. The van der Waals surface area contributed by atoms with E-state index in [1.807, 2.05) is 12.3 Å². The minimum Gasteiger partial charge on any atom is -0.486 e. The average molecular weight is 432 g/mol. The summed E-state index contributed by atoms with van der Waals surface area (Å²) >= 11 is 7.77. The largest absolute Gasteiger partial charge is 0.486 e. The summed E-state index contributed by atoms with van der Waals surface area (Å²) in [6.45, 7) is 0.112. The van der Waals surface area contributed by atoms with Crippen LogP contribution >= 0.6 is 23.4 Å². The van der Waals surface area contributed by atoms with Crippen molar-refractivity contribution in [1.29, 1.82) is 0 Å². The molecular weight excluding hydrogens is 415 g/mol. The van der Waals surface area contributed by atoms with Gasteiger partial charge in [0.05, 0.1) is 23.7 Å². The van der Waals surface area contributed by atoms with E-state index >= 15 is 0 Å². The van der Waals surface area contributed by atoms with E-state index in [4.69, 9.17) is 16.3 Å². The van der Waals surface area contributed by atoms with Crippen molar-refractivity contribution in [3.05, 3.63) is 35.0 Å². The van der Waals surface area contributed by atoms with Crippen LogP contribution < -0.4 is 10.1 Å². The van der Waals surface area contributed by atoms with Crippen molar-refractivity contribution in [2.75, 3.05) is 12.8 Å². The molecule has 5 nitrogen and oxygen atoms in total. The number of hydrogen-bond donors (Lipinski definition) is 1. The predicted octanol–water partition coefficient (Wildman–Crippen LogP) is 4.28. The lowest BCUT2D eigenvalue weighted by Crippen LogP contribution is -2.34. The molecule has 0 radical (unpaired) electrons. The summed E-state index contributed by atoms with van der Waals surface area (Å²) in [6.07, 6.45) is -2.43. The Bertz CT molecular complexity index is 880. The summed E-state index contributed by atoms with van der Waals surface area (Å²) in [7, 11) is 0. The minimum atomic E-state index is -4.35. The number of nitrogens with zero attached hydrogens (tertiary/aromatic N) is 2. The first kappa shape index (κ1) is 20.7. The van der Waals surface area contributed by atoms with Crippen LogP contribution in [-0.2, 0) is 11.2 Å². The molecule has 0 unspecified atom stereocenters. The second kappa shape index (κ2) is 8.57. The highest BCUT2D eigenvalue weighted by Gasteiger charge is 2.29. The summed E-state index contributed by atoms with van der Waals surface area (Å²) in [5, 5.41) is 3.55. The molecule has 0 bridgehead atoms. The first-order valence-electron chi connectivity index (χ1n) is 8.45. The number of ether oxygens (including phenoxy) is 1. The van der Waals surface area contributed by atoms with Gasteiger partial charge in [-0.2, -0.15) is 13.2 Å². The number of amides is 1. The van der Waals surface area contributed by atoms with Crippen LogP contribution in [0.4, 0.5) is 13.2 Å². The molecule has 3 rings (SSSR count). The number of rotatable bonds is 6. The Labute approximate surface area is 169 Å². The molecular formula is C18H17ClF3N3O2S. The average Bonchev–Trinajstić information content (AvgIpc) is 3.08. The summed E-state index contributed by atoms with van der Waals surface area (Å²) in [6, 6.07) is 5.45. The molecule has 10 heteroatoms. The van der Waals surface area contributed by atoms with E-state index in [1.54, 1.807) is 18.3 Å². The van der Waals surface area contributed by atoms with Gasteiger partial charge in [-0.25, -0.2) is 9.97 Å². The smallest absolute Gasteiger partial charge is 0.389 e. The fraction of sp³-hybridized carbons (Fsp3) is 0.389. The van der Waals surface area contributed by atoms with Crippen LogP contribution in [0.1, 0.15) is 18.4 Å². The Balaban J connectivity index is 1.64. The molecule has 28 heavy (non-hydrogen) atoms. The second-order valence-electron chi connectivity index (χ2n) is 6.24. The van der Waals surface area contributed by atoms with E-state index in [0.29, 0.717) is 22.3 Å². The van der Waals surface area contributed by atoms with Crippen molar-refractivity contribution in [2.24, 2.45) is 0 Å². The number of benzene rings is 1. The van der Waals surface area contributed by atoms with E-state index in [-0.39, 0.29) is 12.6 Å². The number of fused-ring (bicyclic) bond motifs is 1. The standard InChI is InChI=1S/C18H17ClF3N3O2S/c1-28-17-23-5-3-14(25-17)10-6-11-7-12(27-16(11)13(19)8-10)9-24-15(26)2-4-18(20,21)22/h3,5-6,8,12H,2,4,7,9H2,1H3,(H,24,26)/t12-/m1/s1. The quantitative estimate of drug-likeness (QED) is 0.546. The molecule has 0 saturated heterocycles. The number of halogens is 4. The van der Waals surface area contributed by atoms with Crippen LogP contribution in [0.3, 0.4) is 0 Å². The lowest BCUT2D eigenvalue weighted by atomic mass is 10.0. The zero-order valence-corrected chi connectivity index (χ0v) is 16.4. The number of thioether (sulfide) groups is 1. The van der Waals surface area contributed by atoms with Crippen molar-refractivity contribution >= 4 is 29.3 Å². The number of carbonyl (C=O) groups excluding carboxylic acids is 1. The lowest BCUT2D eigenvalue weighted by Gasteiger charge is -2.13. The van der Waals surface area contributed by atoms with Gasteiger partial charge in [-0.1, -0.05) is 23.4 Å². The van der Waals surface area contributed by atoms with Crippen molar-refractivity contribution in [2.45, 2.75) is 36.7 Å². The first-order chi connectivity index (χ1) is 13.2. The molecule has 0 spiro atoms. The van der Waals surface area contributed by atoms with Gasteiger partial charge in [-0.3, -0.25) is 4.79 Å². The number of aromatic nitrogens is 2. The lowest BCUT2D eigenvalue weighted by molar-refractivity contribution is -0.144. The predicted molar refractivity (Wildman–Crippen MR) is 101 cm³/mol. The highest BCUT2D eigenvalue weighted by Crippen LogP contribution is 2.39. The number of alkyl halides is 3. The molecule has 0 fully saturated rings. The third-order valence-electron chi connectivity index (χ3n) is 4.13. The van der Waals surface area contributed by atoms with Crippen molar-refractivity contribution < 1.29 is 22.7 Å². The fourth-order valence-electron chi connectivity index (χ4n) is 2.82. The normalized spacial score (nSPS) is 15.8. The van der Waals surface area contributed by atoms with Crippen LogP contribution in [0.15, 0.2) is 29.6 Å². The molecule has 0 saturated carbocycles. The molecule has 0 aliphatic carbocycles. The van der Waals surface area contributed by atoms with E-state index < -0.39 is 24.9 Å². The van der Waals surface area contributed by atoms with E-state index in [1.165, 1.54) is 11.8 Å². The molecule has 2 aromatic rings. The Kier molecular flexibility index (Phi) is 6.34. The van der Waals surface area contributed by atoms with Gasteiger partial charge in [0, 0.05) is 30.2 Å². The van der Waals surface area contributed by atoms with E-state index in [2.05, 4.69) is 15.3 Å². The minimum absolute atomic E-state index is 0.112. The topological polar surface area (TPSA) is 64.1 Å². The van der Waals surface area contributed by atoms with Crippen molar-refractivity contribution in [3.8, 4) is 17.0 Å². The Morgan fingerprint density at radius 2 is 2.21 bits per heavy atom. The van der Waals surface area contributed by atoms with Crippen LogP contribution in [0, 0.1) is 0 Å². The highest BCUT2D eigenvalue weighted by molar-refractivity contribution is 7.98. The highest BCUT2D eigenvalue weighted by atomic mass is 35.5. The first-order valence-corrected chi connectivity index (χ1v) is 10.1. The van der Waals surface area contributed by atoms with Crippen LogP contribution in [0.2, 0.25) is 5.02 Å². The van der Waals surface area contributed by atoms with E-state index in [0.717, 1.165) is 16.8 Å². The van der Waals surface area contributed by atoms with Crippen LogP contribution in [0.5, 0.6) is 5.75 Å². The Morgan fingerprint density at radius 3 is 2.93 bits per heavy atom. The maximum Gasteiger partial charge on any atom is 0.389 e. The van der Waals surface area contributed by atoms with Crippen molar-refractivity contribution in [1.82, 2.24) is 15.3 Å². The summed E-state index contributed by atoms with van der Waals surface area (Å²) < 4.78 is 42.3. The number of hydrogen-bond acceptors (Lipinski definition) is 5. The summed E-state index contributed by atoms with van der Waals surface area (Å²) in [4.78, 5) is 20.2. The van der Waals surface area contributed by atoms with Gasteiger partial charge in [0.1, 0.15) is 11.9 Å². The zero-order valence-electron chi connectivity index (χ0n) is 14.8. The van der Waals surface area contributed by atoms with Crippen LogP contribution in [-0.4, -0.2) is 41.0 Å². The summed E-state index contributed by atoms with van der Waals surface area (Å²) in [5.41, 5.74) is 2.41. The SMILES string of the molecule is CSc1nccc(-c2cc(Cl)c3c(c2)C[C@H](CNC(=O)CCC(F)(F)F)O3)n1. The third kappa shape index (κ3) is 5.29. The third-order valence-corrected chi connectivity index (χ3v) is 4.97. The molecule has 1 aliphatic rings. The van der Waals surface area contributed by atoms with Gasteiger partial charge in [-0.05, 0) is 24.5 Å². The molecule has 1 aliphatic heterocycles. The second-order valence-corrected chi connectivity index (χ2v) is 7.42. The van der Waals surface area contributed by atoms with E-state index in [9.17, 15) is 18.0 Å². The molecule has 150 valence electrons. The molecule has 1 atom stereocenters.